The monoisotopic (exact) mass is 548 g/mol. The van der Waals surface area contributed by atoms with Crippen molar-refractivity contribution in [3.63, 3.8) is 0 Å². The quantitative estimate of drug-likeness (QED) is 0.262. The largest absolute Gasteiger partial charge is 0.495 e. The van der Waals surface area contributed by atoms with Crippen LogP contribution >= 0.6 is 0 Å². The SMILES string of the molecule is [2H]CN(C[2H])[C@@H](C)C(=O)N1CCc2cc(OC)c(Nc3nc(Nc4cccc(F)c4C(=O)NC)c4cc[nH]c4n3)cc21. The predicted octanol–water partition coefficient (Wildman–Crippen LogP) is 3.79. The van der Waals surface area contributed by atoms with Crippen LogP contribution in [-0.2, 0) is 11.2 Å². The van der Waals surface area contributed by atoms with Gasteiger partial charge in [-0.2, -0.15) is 9.97 Å². The Balaban J connectivity index is 1.50. The minimum absolute atomic E-state index is 0.148. The Morgan fingerprint density at radius 3 is 2.77 bits per heavy atom. The first-order valence-electron chi connectivity index (χ1n) is 14.0. The molecule has 12 heteroatoms. The van der Waals surface area contributed by atoms with E-state index >= 15 is 0 Å². The van der Waals surface area contributed by atoms with E-state index in [0.29, 0.717) is 46.9 Å². The molecule has 4 N–H and O–H groups in total. The Kier molecular flexibility index (Phi) is 6.58. The zero-order chi connectivity index (χ0) is 30.0. The standard InChI is InChI=1S/C28H31FN8O3/c1-15(36(3)4)27(39)37-12-10-16-13-22(40-5)20(14-21(16)37)33-28-34-24-17(9-11-31-24)25(35-28)32-19-8-6-7-18(29)23(19)26(38)30-2/h6-9,11,13-15H,10,12H2,1-5H3,(H,30,38)(H3,31,32,33,34,35)/t15-/m0/s1/i3D,4D. The van der Waals surface area contributed by atoms with Crippen molar-refractivity contribution >= 4 is 51.7 Å². The third-order valence-electron chi connectivity index (χ3n) is 6.85. The summed E-state index contributed by atoms with van der Waals surface area (Å²) < 4.78 is 35.5. The maximum atomic E-state index is 14.6. The third-order valence-corrected chi connectivity index (χ3v) is 6.85. The van der Waals surface area contributed by atoms with E-state index in [9.17, 15) is 14.0 Å². The molecule has 2 aromatic carbocycles. The number of halogens is 1. The molecule has 0 unspecified atom stereocenters. The lowest BCUT2D eigenvalue weighted by atomic mass is 10.1. The first kappa shape index (κ1) is 24.3. The van der Waals surface area contributed by atoms with E-state index in [4.69, 9.17) is 7.48 Å². The number of hydrogen-bond acceptors (Lipinski definition) is 8. The molecule has 11 nitrogen and oxygen atoms in total. The Morgan fingerprint density at radius 1 is 1.20 bits per heavy atom. The van der Waals surface area contributed by atoms with Crippen LogP contribution in [0.4, 0.5) is 33.2 Å². The van der Waals surface area contributed by atoms with Gasteiger partial charge in [-0.3, -0.25) is 14.5 Å². The number of hydrogen-bond donors (Lipinski definition) is 4. The van der Waals surface area contributed by atoms with Crippen LogP contribution in [0.5, 0.6) is 5.75 Å². The van der Waals surface area contributed by atoms with Gasteiger partial charge >= 0.3 is 0 Å². The van der Waals surface area contributed by atoms with Crippen LogP contribution in [-0.4, -0.2) is 72.5 Å². The summed E-state index contributed by atoms with van der Waals surface area (Å²) in [5, 5.41) is 9.34. The number of ether oxygens (including phenoxy) is 1. The fourth-order valence-corrected chi connectivity index (χ4v) is 4.62. The van der Waals surface area contributed by atoms with Crippen molar-refractivity contribution in [1.82, 2.24) is 25.2 Å². The second kappa shape index (κ2) is 10.8. The summed E-state index contributed by atoms with van der Waals surface area (Å²) in [5.41, 5.74) is 2.70. The number of aromatic amines is 1. The van der Waals surface area contributed by atoms with Crippen LogP contribution in [0.1, 0.15) is 25.6 Å². The molecule has 5 rings (SSSR count). The summed E-state index contributed by atoms with van der Waals surface area (Å²) in [5.74, 6) is -0.424. The van der Waals surface area contributed by atoms with Gasteiger partial charge in [-0.15, -0.1) is 0 Å². The molecule has 0 saturated carbocycles. The van der Waals surface area contributed by atoms with Crippen molar-refractivity contribution in [2.24, 2.45) is 0 Å². The minimum atomic E-state index is -0.679. The lowest BCUT2D eigenvalue weighted by Gasteiger charge is -2.26. The Morgan fingerprint density at radius 2 is 2.02 bits per heavy atom. The van der Waals surface area contributed by atoms with Crippen molar-refractivity contribution in [2.75, 3.05) is 50.3 Å². The second-order valence-electron chi connectivity index (χ2n) is 9.31. The van der Waals surface area contributed by atoms with Gasteiger partial charge in [0.2, 0.25) is 11.9 Å². The topological polar surface area (TPSA) is 128 Å². The second-order valence-corrected chi connectivity index (χ2v) is 9.31. The molecule has 4 aromatic rings. The Hall–Kier alpha value is -4.71. The number of aromatic nitrogens is 3. The lowest BCUT2D eigenvalue weighted by molar-refractivity contribution is -0.122. The highest BCUT2D eigenvalue weighted by atomic mass is 19.1. The fraction of sp³-hybridized carbons (Fsp3) is 0.286. The van der Waals surface area contributed by atoms with Crippen LogP contribution in [0.3, 0.4) is 0 Å². The normalized spacial score (nSPS) is 14.0. The number of likely N-dealkylation sites (N-methyl/N-ethyl adjacent to an activating group) is 1. The first-order valence-corrected chi connectivity index (χ1v) is 12.5. The first-order chi connectivity index (χ1) is 20.3. The molecule has 40 heavy (non-hydrogen) atoms. The zero-order valence-electron chi connectivity index (χ0n) is 24.3. The minimum Gasteiger partial charge on any atom is -0.495 e. The van der Waals surface area contributed by atoms with Gasteiger partial charge in [-0.05, 0) is 63.3 Å². The number of nitrogens with one attached hydrogen (secondary N) is 4. The van der Waals surface area contributed by atoms with Crippen LogP contribution in [0, 0.1) is 5.82 Å². The van der Waals surface area contributed by atoms with E-state index in [2.05, 4.69) is 30.9 Å². The molecule has 208 valence electrons. The average molecular weight is 549 g/mol. The van der Waals surface area contributed by atoms with E-state index in [1.807, 2.05) is 6.07 Å². The van der Waals surface area contributed by atoms with Gasteiger partial charge < -0.3 is 30.6 Å². The van der Waals surface area contributed by atoms with Crippen molar-refractivity contribution in [1.29, 1.82) is 0 Å². The number of benzene rings is 2. The number of carbonyl (C=O) groups excluding carboxylic acids is 2. The predicted molar refractivity (Wildman–Crippen MR) is 152 cm³/mol. The number of carbonyl (C=O) groups is 2. The van der Waals surface area contributed by atoms with Crippen molar-refractivity contribution in [3.8, 4) is 5.75 Å². The molecule has 0 fully saturated rings. The molecular weight excluding hydrogens is 515 g/mol. The van der Waals surface area contributed by atoms with Crippen LogP contribution < -0.4 is 25.6 Å². The molecular formula is C28H31FN8O3. The molecule has 2 amide bonds. The fourth-order valence-electron chi connectivity index (χ4n) is 4.62. The summed E-state index contributed by atoms with van der Waals surface area (Å²) in [4.78, 5) is 41.1. The van der Waals surface area contributed by atoms with Crippen molar-refractivity contribution in [2.45, 2.75) is 19.4 Å². The summed E-state index contributed by atoms with van der Waals surface area (Å²) in [7, 11) is 2.67. The molecule has 0 spiro atoms. The number of H-pyrrole nitrogens is 1. The number of nitrogens with zero attached hydrogens (tertiary/aromatic N) is 4. The van der Waals surface area contributed by atoms with Crippen LogP contribution in [0.2, 0.25) is 0 Å². The molecule has 1 aliphatic rings. The van der Waals surface area contributed by atoms with Crippen LogP contribution in [0.15, 0.2) is 42.6 Å². The summed E-state index contributed by atoms with van der Waals surface area (Å²) >= 11 is 0. The number of rotatable bonds is 8. The van der Waals surface area contributed by atoms with Crippen LogP contribution in [0.25, 0.3) is 11.0 Å². The number of methoxy groups -OCH3 is 1. The maximum absolute atomic E-state index is 14.6. The maximum Gasteiger partial charge on any atom is 0.256 e. The van der Waals surface area contributed by atoms with Gasteiger partial charge in [0.1, 0.15) is 23.0 Å². The van der Waals surface area contributed by atoms with Gasteiger partial charge in [0, 0.05) is 28.2 Å². The molecule has 1 aliphatic heterocycles. The van der Waals surface area contributed by atoms with E-state index < -0.39 is 17.8 Å². The van der Waals surface area contributed by atoms with Crippen molar-refractivity contribution in [3.05, 3.63) is 59.5 Å². The van der Waals surface area contributed by atoms with Gasteiger partial charge in [0.05, 0.1) is 35.5 Å². The molecule has 0 aliphatic carbocycles. The van der Waals surface area contributed by atoms with Gasteiger partial charge in [0.25, 0.3) is 5.91 Å². The highest BCUT2D eigenvalue weighted by Crippen LogP contribution is 2.39. The third kappa shape index (κ3) is 4.89. The van der Waals surface area contributed by atoms with E-state index in [1.165, 1.54) is 24.1 Å². The molecule has 0 bridgehead atoms. The van der Waals surface area contributed by atoms with Gasteiger partial charge in [-0.1, -0.05) is 6.07 Å². The molecule has 0 radical (unpaired) electrons. The highest BCUT2D eigenvalue weighted by Gasteiger charge is 2.30. The summed E-state index contributed by atoms with van der Waals surface area (Å²) in [6.45, 7) is 2.17. The average Bonchev–Trinajstić information content (AvgIpc) is 3.63. The Bertz CT molecular complexity index is 1650. The van der Waals surface area contributed by atoms with Crippen molar-refractivity contribution < 1.29 is 21.5 Å². The smallest absolute Gasteiger partial charge is 0.256 e. The lowest BCUT2D eigenvalue weighted by Crippen LogP contribution is -2.43. The van der Waals surface area contributed by atoms with Gasteiger partial charge in [-0.25, -0.2) is 4.39 Å². The molecule has 3 heterocycles. The van der Waals surface area contributed by atoms with E-state index in [-0.39, 0.29) is 37.2 Å². The number of fused-ring (bicyclic) bond motifs is 2. The molecule has 2 aromatic heterocycles. The highest BCUT2D eigenvalue weighted by molar-refractivity contribution is 6.02. The molecule has 1 atom stereocenters. The van der Waals surface area contributed by atoms with Gasteiger partial charge in [0.15, 0.2) is 0 Å². The number of amides is 2. The Labute approximate surface area is 233 Å². The zero-order valence-corrected chi connectivity index (χ0v) is 22.3. The summed E-state index contributed by atoms with van der Waals surface area (Å²) in [6, 6.07) is 9.08. The summed E-state index contributed by atoms with van der Waals surface area (Å²) in [6.07, 6.45) is 2.32. The molecule has 0 saturated heterocycles. The van der Waals surface area contributed by atoms with E-state index in [1.54, 1.807) is 43.3 Å². The number of anilines is 5. The van der Waals surface area contributed by atoms with E-state index in [0.717, 1.165) is 5.56 Å².